The number of piperazine rings is 1. The molecule has 0 radical (unpaired) electrons. The van der Waals surface area contributed by atoms with Crippen LogP contribution in [0.15, 0.2) is 83.8 Å². The Hall–Kier alpha value is -3.00. The van der Waals surface area contributed by atoms with Gasteiger partial charge in [0.15, 0.2) is 0 Å². The molecule has 0 atom stereocenters. The quantitative estimate of drug-likeness (QED) is 0.608. The molecule has 0 aliphatic carbocycles. The van der Waals surface area contributed by atoms with Crippen molar-refractivity contribution in [2.24, 2.45) is 0 Å². The molecule has 1 heterocycles. The standard InChI is InChI=1S/C26H29N3O3S/c1-20-13-14-23(33(31,32)27-2)19-24(20)26(30)29-17-15-28(16-18-29)25(21-9-5-3-6-10-21)22-11-7-4-8-12-22/h3-14,19,25,27H,15-18H2,1-2H3. The van der Waals surface area contributed by atoms with Gasteiger partial charge in [0.2, 0.25) is 10.0 Å². The van der Waals surface area contributed by atoms with Crippen LogP contribution < -0.4 is 4.72 Å². The smallest absolute Gasteiger partial charge is 0.254 e. The minimum atomic E-state index is -3.61. The highest BCUT2D eigenvalue weighted by Gasteiger charge is 2.29. The Morgan fingerprint density at radius 3 is 1.91 bits per heavy atom. The summed E-state index contributed by atoms with van der Waals surface area (Å²) in [5.41, 5.74) is 3.65. The van der Waals surface area contributed by atoms with Gasteiger partial charge >= 0.3 is 0 Å². The first kappa shape index (κ1) is 23.2. The van der Waals surface area contributed by atoms with Crippen molar-refractivity contribution in [1.82, 2.24) is 14.5 Å². The van der Waals surface area contributed by atoms with Crippen LogP contribution in [0.25, 0.3) is 0 Å². The highest BCUT2D eigenvalue weighted by molar-refractivity contribution is 7.89. The summed E-state index contributed by atoms with van der Waals surface area (Å²) in [6.07, 6.45) is 0. The number of carbonyl (C=O) groups is 1. The number of amides is 1. The molecule has 33 heavy (non-hydrogen) atoms. The van der Waals surface area contributed by atoms with E-state index in [0.717, 1.165) is 18.7 Å². The van der Waals surface area contributed by atoms with Crippen LogP contribution in [0.1, 0.15) is 33.1 Å². The van der Waals surface area contributed by atoms with E-state index in [-0.39, 0.29) is 16.8 Å². The Balaban J connectivity index is 1.54. The first-order valence-corrected chi connectivity index (χ1v) is 12.6. The Morgan fingerprint density at radius 1 is 0.848 bits per heavy atom. The van der Waals surface area contributed by atoms with Crippen LogP contribution in [-0.4, -0.2) is 57.4 Å². The lowest BCUT2D eigenvalue weighted by Gasteiger charge is -2.40. The van der Waals surface area contributed by atoms with Gasteiger partial charge in [0.1, 0.15) is 0 Å². The topological polar surface area (TPSA) is 69.7 Å². The average molecular weight is 464 g/mol. The zero-order valence-electron chi connectivity index (χ0n) is 18.9. The van der Waals surface area contributed by atoms with Crippen molar-refractivity contribution in [3.05, 3.63) is 101 Å². The Kier molecular flexibility index (Phi) is 6.93. The first-order chi connectivity index (χ1) is 15.9. The van der Waals surface area contributed by atoms with E-state index < -0.39 is 10.0 Å². The van der Waals surface area contributed by atoms with E-state index in [9.17, 15) is 13.2 Å². The molecule has 1 aliphatic rings. The highest BCUT2D eigenvalue weighted by atomic mass is 32.2. The van der Waals surface area contributed by atoms with E-state index in [1.807, 2.05) is 24.0 Å². The maximum Gasteiger partial charge on any atom is 0.254 e. The molecule has 0 bridgehead atoms. The molecule has 6 nitrogen and oxygen atoms in total. The normalized spacial score (nSPS) is 15.1. The fourth-order valence-electron chi connectivity index (χ4n) is 4.35. The summed E-state index contributed by atoms with van der Waals surface area (Å²) >= 11 is 0. The monoisotopic (exact) mass is 463 g/mol. The lowest BCUT2D eigenvalue weighted by atomic mass is 9.96. The van der Waals surface area contributed by atoms with Gasteiger partial charge in [-0.05, 0) is 42.8 Å². The van der Waals surface area contributed by atoms with Gasteiger partial charge < -0.3 is 4.90 Å². The average Bonchev–Trinajstić information content (AvgIpc) is 2.86. The van der Waals surface area contributed by atoms with Crippen molar-refractivity contribution in [2.75, 3.05) is 33.2 Å². The van der Waals surface area contributed by atoms with E-state index >= 15 is 0 Å². The van der Waals surface area contributed by atoms with Gasteiger partial charge in [-0.15, -0.1) is 0 Å². The maximum absolute atomic E-state index is 13.3. The fourth-order valence-corrected chi connectivity index (χ4v) is 5.11. The molecule has 4 rings (SSSR count). The summed E-state index contributed by atoms with van der Waals surface area (Å²) in [6, 6.07) is 25.7. The lowest BCUT2D eigenvalue weighted by Crippen LogP contribution is -2.50. The molecule has 0 spiro atoms. The molecule has 1 aliphatic heterocycles. The van der Waals surface area contributed by atoms with Crippen molar-refractivity contribution in [3.8, 4) is 0 Å². The summed E-state index contributed by atoms with van der Waals surface area (Å²) in [4.78, 5) is 17.6. The Labute approximate surface area is 195 Å². The predicted octanol–water partition coefficient (Wildman–Crippen LogP) is 3.45. The van der Waals surface area contributed by atoms with Gasteiger partial charge in [-0.25, -0.2) is 13.1 Å². The molecule has 1 saturated heterocycles. The van der Waals surface area contributed by atoms with Crippen LogP contribution in [-0.2, 0) is 10.0 Å². The minimum Gasteiger partial charge on any atom is -0.336 e. The van der Waals surface area contributed by atoms with Gasteiger partial charge in [0, 0.05) is 31.7 Å². The van der Waals surface area contributed by atoms with Gasteiger partial charge in [0.25, 0.3) is 5.91 Å². The maximum atomic E-state index is 13.3. The number of rotatable bonds is 6. The summed E-state index contributed by atoms with van der Waals surface area (Å²) in [6.45, 7) is 4.45. The third-order valence-corrected chi connectivity index (χ3v) is 7.63. The summed E-state index contributed by atoms with van der Waals surface area (Å²) in [7, 11) is -2.25. The second kappa shape index (κ2) is 9.87. The fraction of sp³-hybridized carbons (Fsp3) is 0.269. The first-order valence-electron chi connectivity index (χ1n) is 11.1. The summed E-state index contributed by atoms with van der Waals surface area (Å²) in [5.74, 6) is -0.128. The number of hydrogen-bond donors (Lipinski definition) is 1. The van der Waals surface area contributed by atoms with Crippen LogP contribution in [0.4, 0.5) is 0 Å². The third-order valence-electron chi connectivity index (χ3n) is 6.22. The molecule has 7 heteroatoms. The van der Waals surface area contributed by atoms with Gasteiger partial charge in [-0.1, -0.05) is 66.7 Å². The SMILES string of the molecule is CNS(=O)(=O)c1ccc(C)c(C(=O)N2CCN(C(c3ccccc3)c3ccccc3)CC2)c1. The molecular weight excluding hydrogens is 434 g/mol. The number of aryl methyl sites for hydroxylation is 1. The number of benzene rings is 3. The second-order valence-electron chi connectivity index (χ2n) is 8.24. The highest BCUT2D eigenvalue weighted by Crippen LogP contribution is 2.30. The Bertz CT molecular complexity index is 1170. The second-order valence-corrected chi connectivity index (χ2v) is 10.1. The lowest BCUT2D eigenvalue weighted by molar-refractivity contribution is 0.0596. The third kappa shape index (κ3) is 5.00. The van der Waals surface area contributed by atoms with Crippen LogP contribution in [0.5, 0.6) is 0 Å². The molecule has 3 aromatic carbocycles. The number of carbonyl (C=O) groups excluding carboxylic acids is 1. The molecule has 3 aromatic rings. The number of nitrogens with zero attached hydrogens (tertiary/aromatic N) is 2. The zero-order chi connectivity index (χ0) is 23.4. The van der Waals surface area contributed by atoms with Crippen molar-refractivity contribution in [3.63, 3.8) is 0 Å². The molecule has 172 valence electrons. The molecule has 0 unspecified atom stereocenters. The van der Waals surface area contributed by atoms with Gasteiger partial charge in [0.05, 0.1) is 10.9 Å². The van der Waals surface area contributed by atoms with E-state index in [1.165, 1.54) is 30.3 Å². The van der Waals surface area contributed by atoms with Crippen molar-refractivity contribution in [1.29, 1.82) is 0 Å². The van der Waals surface area contributed by atoms with Crippen LogP contribution in [0.2, 0.25) is 0 Å². The molecular formula is C26H29N3O3S. The largest absolute Gasteiger partial charge is 0.336 e. The molecule has 1 amide bonds. The van der Waals surface area contributed by atoms with Crippen molar-refractivity contribution < 1.29 is 13.2 Å². The van der Waals surface area contributed by atoms with Gasteiger partial charge in [-0.2, -0.15) is 0 Å². The van der Waals surface area contributed by atoms with Crippen molar-refractivity contribution >= 4 is 15.9 Å². The van der Waals surface area contributed by atoms with E-state index in [1.54, 1.807) is 6.07 Å². The molecule has 0 aromatic heterocycles. The van der Waals surface area contributed by atoms with E-state index in [0.29, 0.717) is 18.7 Å². The zero-order valence-corrected chi connectivity index (χ0v) is 19.8. The molecule has 1 fully saturated rings. The number of sulfonamides is 1. The number of hydrogen-bond acceptors (Lipinski definition) is 4. The predicted molar refractivity (Wildman–Crippen MR) is 130 cm³/mol. The van der Waals surface area contributed by atoms with Gasteiger partial charge in [-0.3, -0.25) is 9.69 Å². The van der Waals surface area contributed by atoms with Crippen LogP contribution >= 0.6 is 0 Å². The minimum absolute atomic E-state index is 0.103. The van der Waals surface area contributed by atoms with E-state index in [2.05, 4.69) is 58.2 Å². The number of nitrogens with one attached hydrogen (secondary N) is 1. The van der Waals surface area contributed by atoms with E-state index in [4.69, 9.17) is 0 Å². The molecule has 1 N–H and O–H groups in total. The summed E-state index contributed by atoms with van der Waals surface area (Å²) < 4.78 is 26.7. The van der Waals surface area contributed by atoms with Crippen LogP contribution in [0.3, 0.4) is 0 Å². The van der Waals surface area contributed by atoms with Crippen molar-refractivity contribution in [2.45, 2.75) is 17.9 Å². The molecule has 0 saturated carbocycles. The summed E-state index contributed by atoms with van der Waals surface area (Å²) in [5, 5.41) is 0. The Morgan fingerprint density at radius 2 is 1.39 bits per heavy atom. The van der Waals surface area contributed by atoms with Crippen LogP contribution in [0, 0.1) is 6.92 Å².